The van der Waals surface area contributed by atoms with Crippen molar-refractivity contribution >= 4 is 31.4 Å². The number of tetrazole rings is 1. The molecule has 0 saturated carbocycles. The predicted octanol–water partition coefficient (Wildman–Crippen LogP) is 1.59. The summed E-state index contributed by atoms with van der Waals surface area (Å²) in [7, 11) is -3.03. The summed E-state index contributed by atoms with van der Waals surface area (Å²) in [6.07, 6.45) is -0.193. The zero-order chi connectivity index (χ0) is 22.9. The molecule has 1 aromatic carbocycles. The summed E-state index contributed by atoms with van der Waals surface area (Å²) < 4.78 is 36.4. The average molecular weight is 465 g/mol. The minimum Gasteiger partial charge on any atom is -0.441 e. The number of rotatable bonds is 7. The Morgan fingerprint density at radius 2 is 2.16 bits per heavy atom. The van der Waals surface area contributed by atoms with E-state index in [0.717, 1.165) is 4.90 Å². The van der Waals surface area contributed by atoms with Crippen molar-refractivity contribution in [1.82, 2.24) is 25.2 Å². The number of nitrogens with zero attached hydrogens (tertiary/aromatic N) is 6. The molecule has 3 N–H and O–H groups in total. The Morgan fingerprint density at radius 1 is 1.34 bits per heavy atom. The summed E-state index contributed by atoms with van der Waals surface area (Å²) in [5, 5.41) is 13.9. The van der Waals surface area contributed by atoms with E-state index in [4.69, 9.17) is 14.5 Å². The van der Waals surface area contributed by atoms with E-state index >= 15 is 0 Å². The van der Waals surface area contributed by atoms with Gasteiger partial charge < -0.3 is 19.8 Å². The first-order valence-electron chi connectivity index (χ1n) is 9.13. The van der Waals surface area contributed by atoms with Crippen LogP contribution in [0.2, 0.25) is 0 Å². The largest absolute Gasteiger partial charge is 0.469 e. The van der Waals surface area contributed by atoms with Crippen molar-refractivity contribution in [3.05, 3.63) is 42.3 Å². The number of pyridine rings is 1. The minimum absolute atomic E-state index is 0.0452. The van der Waals surface area contributed by atoms with Crippen LogP contribution in [0.25, 0.3) is 11.1 Å². The molecule has 4 rings (SSSR count). The highest BCUT2D eigenvalue weighted by Crippen LogP contribution is 2.37. The Balaban J connectivity index is 1.46. The highest BCUT2D eigenvalue weighted by Gasteiger charge is 2.34. The maximum Gasteiger partial charge on any atom is 0.469 e. The normalized spacial score (nSPS) is 16.3. The third kappa shape index (κ3) is 4.89. The van der Waals surface area contributed by atoms with E-state index in [1.165, 1.54) is 29.1 Å². The molecule has 3 heterocycles. The quantitative estimate of drug-likeness (QED) is 0.434. The Labute approximate surface area is 180 Å². The minimum atomic E-state index is -4.69. The maximum atomic E-state index is 14.8. The van der Waals surface area contributed by atoms with Gasteiger partial charge in [0.25, 0.3) is 0 Å². The molecule has 2 aromatic heterocycles. The lowest BCUT2D eigenvalue weighted by molar-refractivity contribution is 0.0880. The lowest BCUT2D eigenvalue weighted by Crippen LogP contribution is -2.25. The van der Waals surface area contributed by atoms with Crippen LogP contribution >= 0.6 is 7.82 Å². The molecule has 0 unspecified atom stereocenters. The van der Waals surface area contributed by atoms with E-state index in [-0.39, 0.29) is 17.8 Å². The summed E-state index contributed by atoms with van der Waals surface area (Å²) in [6, 6.07) is 7.50. The van der Waals surface area contributed by atoms with E-state index in [9.17, 15) is 13.8 Å². The summed E-state index contributed by atoms with van der Waals surface area (Å²) >= 11 is 0. The molecular weight excluding hydrogens is 448 g/mol. The Kier molecular flexibility index (Phi) is 5.84. The van der Waals surface area contributed by atoms with Crippen LogP contribution in [0.4, 0.5) is 26.6 Å². The lowest BCUT2D eigenvalue weighted by Gasteiger charge is -2.14. The number of halogens is 1. The number of benzene rings is 1. The van der Waals surface area contributed by atoms with Crippen molar-refractivity contribution in [3.8, 4) is 11.1 Å². The Bertz CT molecular complexity index is 1180. The molecule has 15 heteroatoms. The third-order valence-corrected chi connectivity index (χ3v) is 4.99. The second-order valence-electron chi connectivity index (χ2n) is 6.75. The number of hydrogen-bond acceptors (Lipinski definition) is 9. The van der Waals surface area contributed by atoms with E-state index in [2.05, 4.69) is 30.3 Å². The van der Waals surface area contributed by atoms with Crippen molar-refractivity contribution in [3.63, 3.8) is 0 Å². The fraction of sp³-hybridized carbons (Fsp3) is 0.235. The molecule has 1 aliphatic rings. The number of carbonyl (C=O) groups is 1. The predicted molar refractivity (Wildman–Crippen MR) is 107 cm³/mol. The SMILES string of the molecule is Cn1nnnc1Nc1ccc(-c2ccc(N3C[C@H](COP(=O)(O)O)OC3=O)cc2F)cn1. The van der Waals surface area contributed by atoms with Gasteiger partial charge in [-0.25, -0.2) is 23.4 Å². The number of cyclic esters (lactones) is 1. The second-order valence-corrected chi connectivity index (χ2v) is 7.99. The zero-order valence-corrected chi connectivity index (χ0v) is 17.4. The zero-order valence-electron chi connectivity index (χ0n) is 16.5. The van der Waals surface area contributed by atoms with Crippen LogP contribution in [-0.2, 0) is 20.9 Å². The third-order valence-electron chi connectivity index (χ3n) is 4.50. The Hall–Kier alpha value is -3.45. The number of phosphoric ester groups is 1. The van der Waals surface area contributed by atoms with Crippen molar-refractivity contribution < 1.29 is 32.8 Å². The molecule has 168 valence electrons. The van der Waals surface area contributed by atoms with E-state index in [1.54, 1.807) is 19.2 Å². The van der Waals surface area contributed by atoms with Gasteiger partial charge in [0.05, 0.1) is 18.8 Å². The van der Waals surface area contributed by atoms with Crippen LogP contribution < -0.4 is 10.2 Å². The van der Waals surface area contributed by atoms with Crippen molar-refractivity contribution in [2.75, 3.05) is 23.4 Å². The molecule has 32 heavy (non-hydrogen) atoms. The number of hydrogen-bond donors (Lipinski definition) is 3. The molecule has 1 saturated heterocycles. The standard InChI is InChI=1S/C17H17FN7O6P/c1-24-16(21-22-23-24)20-15-5-2-10(7-19-15)13-4-3-11(6-14(13)18)25-8-12(31-17(25)26)9-30-32(27,28)29/h2-7,12H,8-9H2,1H3,(H2,27,28,29)(H,19,20,21,23)/t12-/m1/s1. The average Bonchev–Trinajstić information content (AvgIpc) is 3.32. The lowest BCUT2D eigenvalue weighted by atomic mass is 10.1. The van der Waals surface area contributed by atoms with Gasteiger partial charge in [0.1, 0.15) is 17.7 Å². The topological polar surface area (TPSA) is 165 Å². The molecule has 1 atom stereocenters. The first-order valence-corrected chi connectivity index (χ1v) is 10.7. The monoisotopic (exact) mass is 465 g/mol. The van der Waals surface area contributed by atoms with Gasteiger partial charge in [-0.2, -0.15) is 0 Å². The van der Waals surface area contributed by atoms with Gasteiger partial charge in [-0.05, 0) is 40.8 Å². The van der Waals surface area contributed by atoms with Crippen molar-refractivity contribution in [1.29, 1.82) is 0 Å². The van der Waals surface area contributed by atoms with Gasteiger partial charge in [0.2, 0.25) is 5.95 Å². The molecular formula is C17H17FN7O6P. The van der Waals surface area contributed by atoms with Crippen LogP contribution in [0.1, 0.15) is 0 Å². The molecule has 1 aliphatic heterocycles. The van der Waals surface area contributed by atoms with Crippen LogP contribution in [0, 0.1) is 5.82 Å². The second kappa shape index (κ2) is 8.59. The summed E-state index contributed by atoms with van der Waals surface area (Å²) in [5.74, 6) is 0.264. The molecule has 1 fully saturated rings. The van der Waals surface area contributed by atoms with Crippen molar-refractivity contribution in [2.45, 2.75) is 6.10 Å². The summed E-state index contributed by atoms with van der Waals surface area (Å²) in [4.78, 5) is 35.0. The van der Waals surface area contributed by atoms with E-state index < -0.39 is 32.4 Å². The van der Waals surface area contributed by atoms with E-state index in [0.29, 0.717) is 17.3 Å². The molecule has 13 nitrogen and oxygen atoms in total. The number of amides is 1. The van der Waals surface area contributed by atoms with Crippen LogP contribution in [0.15, 0.2) is 36.5 Å². The molecule has 3 aromatic rings. The number of ether oxygens (including phenoxy) is 1. The number of carbonyl (C=O) groups excluding carboxylic acids is 1. The summed E-state index contributed by atoms with van der Waals surface area (Å²) in [6.45, 7) is -0.528. The summed E-state index contributed by atoms with van der Waals surface area (Å²) in [5.41, 5.74) is 1.01. The van der Waals surface area contributed by atoms with Crippen molar-refractivity contribution in [2.24, 2.45) is 7.05 Å². The van der Waals surface area contributed by atoms with Crippen LogP contribution in [0.5, 0.6) is 0 Å². The fourth-order valence-corrected chi connectivity index (χ4v) is 3.34. The molecule has 0 spiro atoms. The van der Waals surface area contributed by atoms with Gasteiger partial charge in [-0.3, -0.25) is 9.42 Å². The maximum absolute atomic E-state index is 14.8. The number of aryl methyl sites for hydroxylation is 1. The molecule has 0 bridgehead atoms. The van der Waals surface area contributed by atoms with Crippen LogP contribution in [0.3, 0.4) is 0 Å². The fourth-order valence-electron chi connectivity index (χ4n) is 2.98. The first kappa shape index (κ1) is 21.8. The highest BCUT2D eigenvalue weighted by molar-refractivity contribution is 7.46. The first-order chi connectivity index (χ1) is 15.2. The number of phosphoric acid groups is 1. The molecule has 0 radical (unpaired) electrons. The molecule has 0 aliphatic carbocycles. The number of anilines is 3. The van der Waals surface area contributed by atoms with Crippen LogP contribution in [-0.4, -0.2) is 60.3 Å². The molecule has 1 amide bonds. The van der Waals surface area contributed by atoms with Gasteiger partial charge in [0.15, 0.2) is 0 Å². The van der Waals surface area contributed by atoms with Gasteiger partial charge >= 0.3 is 13.9 Å². The van der Waals surface area contributed by atoms with E-state index in [1.807, 2.05) is 0 Å². The van der Waals surface area contributed by atoms with Gasteiger partial charge in [-0.1, -0.05) is 5.10 Å². The van der Waals surface area contributed by atoms with Gasteiger partial charge in [0, 0.05) is 24.4 Å². The smallest absolute Gasteiger partial charge is 0.441 e. The number of aromatic nitrogens is 5. The van der Waals surface area contributed by atoms with Gasteiger partial charge in [-0.15, -0.1) is 0 Å². The Morgan fingerprint density at radius 3 is 2.78 bits per heavy atom. The highest BCUT2D eigenvalue weighted by atomic mass is 31.2. The number of nitrogens with one attached hydrogen (secondary N) is 1.